The van der Waals surface area contributed by atoms with Crippen LogP contribution >= 0.6 is 0 Å². The number of fused-ring (bicyclic) bond motifs is 2. The zero-order valence-corrected chi connectivity index (χ0v) is 21.9. The first-order valence-corrected chi connectivity index (χ1v) is 12.7. The molecule has 1 amide bonds. The summed E-state index contributed by atoms with van der Waals surface area (Å²) < 4.78 is 15.1. The van der Waals surface area contributed by atoms with E-state index in [1.54, 1.807) is 42.6 Å². The van der Waals surface area contributed by atoms with Crippen LogP contribution in [-0.4, -0.2) is 25.5 Å². The van der Waals surface area contributed by atoms with E-state index < -0.39 is 6.67 Å². The molecule has 4 aromatic carbocycles. The number of benzene rings is 4. The van der Waals surface area contributed by atoms with Gasteiger partial charge >= 0.3 is 0 Å². The summed E-state index contributed by atoms with van der Waals surface area (Å²) in [6.07, 6.45) is 3.62. The predicted octanol–water partition coefficient (Wildman–Crippen LogP) is 6.77. The Hall–Kier alpha value is -5.24. The smallest absolute Gasteiger partial charge is 0.255 e. The molecule has 0 fully saturated rings. The Morgan fingerprint density at radius 3 is 2.70 bits per heavy atom. The summed E-state index contributed by atoms with van der Waals surface area (Å²) in [7, 11) is 1.98. The van der Waals surface area contributed by atoms with E-state index >= 15 is 0 Å². The quantitative estimate of drug-likeness (QED) is 0.228. The van der Waals surface area contributed by atoms with Crippen molar-refractivity contribution >= 4 is 39.3 Å². The van der Waals surface area contributed by atoms with Gasteiger partial charge in [0.25, 0.3) is 5.91 Å². The van der Waals surface area contributed by atoms with Crippen molar-refractivity contribution in [1.82, 2.24) is 14.5 Å². The molecule has 4 N–H and O–H groups in total. The van der Waals surface area contributed by atoms with Crippen LogP contribution in [0.1, 0.15) is 21.5 Å². The van der Waals surface area contributed by atoms with E-state index in [9.17, 15) is 14.3 Å². The van der Waals surface area contributed by atoms with Crippen LogP contribution in [-0.2, 0) is 13.7 Å². The fourth-order valence-corrected chi connectivity index (χ4v) is 5.09. The van der Waals surface area contributed by atoms with E-state index in [0.29, 0.717) is 44.4 Å². The lowest BCUT2D eigenvalue weighted by Gasteiger charge is -2.16. The number of nitrogen functional groups attached to an aromatic ring is 1. The van der Waals surface area contributed by atoms with Gasteiger partial charge in [0.15, 0.2) is 0 Å². The van der Waals surface area contributed by atoms with E-state index in [0.717, 1.165) is 22.0 Å². The topological polar surface area (TPSA) is 106 Å². The molecule has 0 spiro atoms. The van der Waals surface area contributed by atoms with E-state index in [4.69, 9.17) is 5.73 Å². The van der Waals surface area contributed by atoms with Gasteiger partial charge in [-0.2, -0.15) is 0 Å². The summed E-state index contributed by atoms with van der Waals surface area (Å²) >= 11 is 0. The van der Waals surface area contributed by atoms with Crippen molar-refractivity contribution in [2.75, 3.05) is 11.1 Å². The number of hydrogen-bond donors (Lipinski definition) is 3. The van der Waals surface area contributed by atoms with Gasteiger partial charge in [-0.3, -0.25) is 4.79 Å². The Labute approximate surface area is 229 Å². The number of rotatable bonds is 5. The molecular formula is C32H26FN5O2. The van der Waals surface area contributed by atoms with E-state index in [1.165, 1.54) is 0 Å². The molecule has 0 unspecified atom stereocenters. The molecule has 2 aromatic heterocycles. The molecule has 7 nitrogen and oxygen atoms in total. The van der Waals surface area contributed by atoms with Crippen molar-refractivity contribution in [3.8, 4) is 28.0 Å². The molecule has 2 heterocycles. The number of nitrogens with one attached hydrogen (secondary N) is 1. The molecule has 0 radical (unpaired) electrons. The molecule has 8 heteroatoms. The first kappa shape index (κ1) is 25.1. The highest BCUT2D eigenvalue weighted by Gasteiger charge is 2.20. The molecule has 0 bridgehead atoms. The van der Waals surface area contributed by atoms with Gasteiger partial charge < -0.3 is 20.7 Å². The van der Waals surface area contributed by atoms with Gasteiger partial charge in [0.1, 0.15) is 12.4 Å². The van der Waals surface area contributed by atoms with Gasteiger partial charge in [-0.15, -0.1) is 0 Å². The minimum absolute atomic E-state index is 0.0252. The van der Waals surface area contributed by atoms with Gasteiger partial charge in [0.05, 0.1) is 11.1 Å². The summed E-state index contributed by atoms with van der Waals surface area (Å²) in [5, 5.41) is 16.3. The molecule has 0 saturated carbocycles. The highest BCUT2D eigenvalue weighted by Crippen LogP contribution is 2.44. The van der Waals surface area contributed by atoms with Crippen molar-refractivity contribution in [2.45, 2.75) is 13.6 Å². The summed E-state index contributed by atoms with van der Waals surface area (Å²) in [5.74, 6) is -0.214. The minimum atomic E-state index is -0.617. The van der Waals surface area contributed by atoms with Crippen LogP contribution in [0.5, 0.6) is 5.75 Å². The second-order valence-corrected chi connectivity index (χ2v) is 9.83. The fourth-order valence-electron chi connectivity index (χ4n) is 5.09. The molecule has 6 aromatic rings. The number of amides is 1. The van der Waals surface area contributed by atoms with Crippen LogP contribution in [0, 0.1) is 6.92 Å². The molecule has 0 aliphatic rings. The van der Waals surface area contributed by atoms with E-state index in [1.807, 2.05) is 61.1 Å². The van der Waals surface area contributed by atoms with Crippen molar-refractivity contribution in [3.05, 3.63) is 102 Å². The van der Waals surface area contributed by atoms with Gasteiger partial charge in [0.2, 0.25) is 5.95 Å². The second-order valence-electron chi connectivity index (χ2n) is 9.83. The number of anilines is 2. The van der Waals surface area contributed by atoms with Gasteiger partial charge in [-0.05, 0) is 77.7 Å². The van der Waals surface area contributed by atoms with Crippen molar-refractivity contribution in [1.29, 1.82) is 0 Å². The Bertz CT molecular complexity index is 1950. The zero-order chi connectivity index (χ0) is 28.0. The Kier molecular flexibility index (Phi) is 6.15. The number of alkyl halides is 1. The number of carbonyl (C=O) groups is 1. The van der Waals surface area contributed by atoms with Crippen molar-refractivity contribution < 1.29 is 14.3 Å². The largest absolute Gasteiger partial charge is 0.507 e. The number of phenols is 1. The first-order chi connectivity index (χ1) is 19.3. The fraction of sp³-hybridized carbons (Fsp3) is 0.0938. The van der Waals surface area contributed by atoms with Gasteiger partial charge in [0, 0.05) is 52.5 Å². The van der Waals surface area contributed by atoms with Crippen LogP contribution in [0.2, 0.25) is 0 Å². The second kappa shape index (κ2) is 9.81. The number of hydrogen-bond acceptors (Lipinski definition) is 5. The minimum Gasteiger partial charge on any atom is -0.507 e. The molecule has 198 valence electrons. The molecule has 0 atom stereocenters. The molecule has 0 aliphatic heterocycles. The van der Waals surface area contributed by atoms with Crippen LogP contribution in [0.3, 0.4) is 0 Å². The predicted molar refractivity (Wildman–Crippen MR) is 157 cm³/mol. The Balaban J connectivity index is 1.50. The van der Waals surface area contributed by atoms with Crippen LogP contribution in [0.15, 0.2) is 85.2 Å². The molecule has 0 aliphatic carbocycles. The van der Waals surface area contributed by atoms with Gasteiger partial charge in [-0.1, -0.05) is 24.3 Å². The Morgan fingerprint density at radius 2 is 1.88 bits per heavy atom. The highest BCUT2D eigenvalue weighted by molar-refractivity contribution is 6.07. The van der Waals surface area contributed by atoms with Crippen LogP contribution in [0.4, 0.5) is 16.0 Å². The first-order valence-electron chi connectivity index (χ1n) is 12.7. The number of nitrogens with zero attached hydrogens (tertiary/aromatic N) is 3. The standard InChI is InChI=1S/C32H26FN5O2/c1-18-6-7-22(31(40)36-24-5-3-4-19(12-24)16-33)14-25(18)26-15-23-17-35-32(34)37-29(23)28(30(26)39)21-8-9-27-20(13-21)10-11-38(27)2/h3-15,17,39H,16H2,1-2H3,(H,36,40)(H2,34,35,37). The van der Waals surface area contributed by atoms with Crippen molar-refractivity contribution in [2.24, 2.45) is 7.05 Å². The van der Waals surface area contributed by atoms with Crippen LogP contribution in [0.25, 0.3) is 44.1 Å². The molecule has 40 heavy (non-hydrogen) atoms. The third-order valence-corrected chi connectivity index (χ3v) is 7.17. The van der Waals surface area contributed by atoms with E-state index in [-0.39, 0.29) is 17.6 Å². The highest BCUT2D eigenvalue weighted by atomic mass is 19.1. The number of halogens is 1. The molecular weight excluding hydrogens is 505 g/mol. The molecule has 0 saturated heterocycles. The summed E-state index contributed by atoms with van der Waals surface area (Å²) in [5.41, 5.74) is 12.3. The SMILES string of the molecule is Cc1ccc(C(=O)Nc2cccc(CF)c2)cc1-c1cc2cnc(N)nc2c(-c2ccc3c(ccn3C)c2)c1O. The maximum atomic E-state index is 13.2. The lowest BCUT2D eigenvalue weighted by atomic mass is 9.91. The number of aromatic nitrogens is 3. The summed E-state index contributed by atoms with van der Waals surface area (Å²) in [6, 6.07) is 21.7. The summed E-state index contributed by atoms with van der Waals surface area (Å²) in [4.78, 5) is 21.8. The number of aromatic hydroxyl groups is 1. The average molecular weight is 532 g/mol. The number of carbonyl (C=O) groups excluding carboxylic acids is 1. The maximum Gasteiger partial charge on any atom is 0.255 e. The maximum absolute atomic E-state index is 13.2. The van der Waals surface area contributed by atoms with Crippen LogP contribution < -0.4 is 11.1 Å². The number of nitrogens with two attached hydrogens (primary N) is 1. The van der Waals surface area contributed by atoms with Gasteiger partial charge in [-0.25, -0.2) is 14.4 Å². The third kappa shape index (κ3) is 4.39. The Morgan fingerprint density at radius 1 is 1.02 bits per heavy atom. The number of phenolic OH excluding ortho intramolecular Hbond substituents is 1. The molecule has 6 rings (SSSR count). The van der Waals surface area contributed by atoms with Crippen molar-refractivity contribution in [3.63, 3.8) is 0 Å². The third-order valence-electron chi connectivity index (χ3n) is 7.17. The average Bonchev–Trinajstić information content (AvgIpc) is 3.33. The monoisotopic (exact) mass is 531 g/mol. The van der Waals surface area contributed by atoms with E-state index in [2.05, 4.69) is 15.3 Å². The number of aryl methyl sites for hydroxylation is 2. The normalized spacial score (nSPS) is 11.3. The lowest BCUT2D eigenvalue weighted by molar-refractivity contribution is 0.102. The summed E-state index contributed by atoms with van der Waals surface area (Å²) in [6.45, 7) is 1.30. The lowest BCUT2D eigenvalue weighted by Crippen LogP contribution is -2.12. The zero-order valence-electron chi connectivity index (χ0n) is 21.9.